The molecular formula is C19H18N6O. The molecule has 2 aromatic carbocycles. The van der Waals surface area contributed by atoms with Crippen molar-refractivity contribution in [1.82, 2.24) is 25.1 Å². The monoisotopic (exact) mass is 346 g/mol. The fourth-order valence-corrected chi connectivity index (χ4v) is 2.79. The van der Waals surface area contributed by atoms with Gasteiger partial charge in [0.2, 0.25) is 5.82 Å². The van der Waals surface area contributed by atoms with E-state index >= 15 is 0 Å². The average Bonchev–Trinajstić information content (AvgIpc) is 3.29. The maximum absolute atomic E-state index is 6.25. The van der Waals surface area contributed by atoms with E-state index in [-0.39, 0.29) is 5.89 Å². The van der Waals surface area contributed by atoms with Gasteiger partial charge in [0, 0.05) is 5.56 Å². The van der Waals surface area contributed by atoms with Gasteiger partial charge in [0.1, 0.15) is 0 Å². The van der Waals surface area contributed by atoms with Gasteiger partial charge in [-0.1, -0.05) is 53.7 Å². The van der Waals surface area contributed by atoms with Gasteiger partial charge in [0.25, 0.3) is 5.89 Å². The van der Waals surface area contributed by atoms with Crippen LogP contribution in [0, 0.1) is 6.92 Å². The van der Waals surface area contributed by atoms with E-state index in [0.29, 0.717) is 17.3 Å². The first-order valence-corrected chi connectivity index (χ1v) is 8.38. The van der Waals surface area contributed by atoms with E-state index < -0.39 is 0 Å². The summed E-state index contributed by atoms with van der Waals surface area (Å²) in [5.41, 5.74) is 10.6. The molecule has 0 radical (unpaired) electrons. The van der Waals surface area contributed by atoms with E-state index in [1.807, 2.05) is 49.4 Å². The summed E-state index contributed by atoms with van der Waals surface area (Å²) in [7, 11) is 0. The van der Waals surface area contributed by atoms with E-state index in [0.717, 1.165) is 23.2 Å². The second-order valence-electron chi connectivity index (χ2n) is 6.00. The van der Waals surface area contributed by atoms with Crippen LogP contribution in [0.3, 0.4) is 0 Å². The van der Waals surface area contributed by atoms with Gasteiger partial charge in [0.05, 0.1) is 5.69 Å². The van der Waals surface area contributed by atoms with Gasteiger partial charge in [0.15, 0.2) is 11.5 Å². The molecule has 130 valence electrons. The van der Waals surface area contributed by atoms with Crippen LogP contribution in [-0.2, 0) is 6.42 Å². The Morgan fingerprint density at radius 1 is 1.12 bits per heavy atom. The zero-order valence-electron chi connectivity index (χ0n) is 14.5. The Bertz CT molecular complexity index is 1070. The summed E-state index contributed by atoms with van der Waals surface area (Å²) in [6.07, 6.45) is 0.929. The number of hydrogen-bond acceptors (Lipinski definition) is 6. The topological polar surface area (TPSA) is 95.6 Å². The molecule has 0 fully saturated rings. The van der Waals surface area contributed by atoms with Crippen molar-refractivity contribution in [2.75, 3.05) is 5.73 Å². The molecule has 0 spiro atoms. The van der Waals surface area contributed by atoms with E-state index in [1.165, 1.54) is 5.56 Å². The first-order valence-electron chi connectivity index (χ1n) is 8.38. The van der Waals surface area contributed by atoms with Gasteiger partial charge in [-0.3, -0.25) is 0 Å². The van der Waals surface area contributed by atoms with Crippen molar-refractivity contribution in [3.8, 4) is 28.7 Å². The number of nitrogens with two attached hydrogens (primary N) is 1. The lowest BCUT2D eigenvalue weighted by Gasteiger charge is -2.04. The van der Waals surface area contributed by atoms with E-state index in [4.69, 9.17) is 10.3 Å². The Morgan fingerprint density at radius 3 is 2.77 bits per heavy atom. The first kappa shape index (κ1) is 16.0. The highest BCUT2D eigenvalue weighted by Gasteiger charge is 2.20. The molecule has 26 heavy (non-hydrogen) atoms. The third-order valence-corrected chi connectivity index (χ3v) is 4.28. The minimum absolute atomic E-state index is 0.249. The summed E-state index contributed by atoms with van der Waals surface area (Å²) in [6, 6.07) is 15.8. The molecular weight excluding hydrogens is 328 g/mol. The molecule has 0 saturated heterocycles. The van der Waals surface area contributed by atoms with Crippen molar-refractivity contribution >= 4 is 5.82 Å². The predicted octanol–water partition coefficient (Wildman–Crippen LogP) is 3.44. The first-order chi connectivity index (χ1) is 12.7. The number of nitrogen functional groups attached to an aromatic ring is 1. The molecule has 0 bridgehead atoms. The highest BCUT2D eigenvalue weighted by atomic mass is 16.5. The molecule has 0 unspecified atom stereocenters. The van der Waals surface area contributed by atoms with Crippen LogP contribution < -0.4 is 5.73 Å². The van der Waals surface area contributed by atoms with Crippen LogP contribution in [-0.4, -0.2) is 25.1 Å². The minimum Gasteiger partial charge on any atom is -0.382 e. The minimum atomic E-state index is 0.249. The number of aromatic nitrogens is 5. The van der Waals surface area contributed by atoms with Crippen molar-refractivity contribution < 1.29 is 4.52 Å². The summed E-state index contributed by atoms with van der Waals surface area (Å²) in [5, 5.41) is 12.3. The molecule has 2 aromatic heterocycles. The fraction of sp³-hybridized carbons (Fsp3) is 0.158. The van der Waals surface area contributed by atoms with Gasteiger partial charge in [-0.25, -0.2) is 0 Å². The Balaban J connectivity index is 1.72. The van der Waals surface area contributed by atoms with Crippen LogP contribution >= 0.6 is 0 Å². The Labute approximate surface area is 150 Å². The molecule has 0 aliphatic carbocycles. The lowest BCUT2D eigenvalue weighted by molar-refractivity contribution is 0.431. The summed E-state index contributed by atoms with van der Waals surface area (Å²) in [6.45, 7) is 4.09. The number of hydrogen-bond donors (Lipinski definition) is 1. The summed E-state index contributed by atoms with van der Waals surface area (Å²) >= 11 is 0. The molecule has 2 N–H and O–H groups in total. The molecule has 0 aliphatic heterocycles. The standard InChI is InChI=1S/C19H18N6O/c1-3-13-8-6-9-14(11-13)25-17(20)16(22-24-25)19-21-18(23-26-19)15-10-5-4-7-12(15)2/h4-11H,3,20H2,1-2H3. The highest BCUT2D eigenvalue weighted by molar-refractivity contribution is 5.67. The molecule has 4 aromatic rings. The number of anilines is 1. The van der Waals surface area contributed by atoms with Gasteiger partial charge >= 0.3 is 0 Å². The fourth-order valence-electron chi connectivity index (χ4n) is 2.79. The molecule has 7 heteroatoms. The number of benzene rings is 2. The van der Waals surface area contributed by atoms with E-state index in [9.17, 15) is 0 Å². The quantitative estimate of drug-likeness (QED) is 0.608. The SMILES string of the molecule is CCc1cccc(-n2nnc(-c3nc(-c4ccccc4C)no3)c2N)c1. The van der Waals surface area contributed by atoms with Crippen LogP contribution in [0.15, 0.2) is 53.1 Å². The third kappa shape index (κ3) is 2.73. The number of aryl methyl sites for hydroxylation is 2. The number of nitrogens with zero attached hydrogens (tertiary/aromatic N) is 5. The lowest BCUT2D eigenvalue weighted by atomic mass is 10.1. The maximum atomic E-state index is 6.25. The normalized spacial score (nSPS) is 11.0. The highest BCUT2D eigenvalue weighted by Crippen LogP contribution is 2.27. The third-order valence-electron chi connectivity index (χ3n) is 4.28. The molecule has 0 aliphatic rings. The largest absolute Gasteiger partial charge is 0.382 e. The lowest BCUT2D eigenvalue weighted by Crippen LogP contribution is -2.02. The van der Waals surface area contributed by atoms with Crippen LogP contribution in [0.4, 0.5) is 5.82 Å². The van der Waals surface area contributed by atoms with Crippen molar-refractivity contribution in [2.24, 2.45) is 0 Å². The Hall–Kier alpha value is -3.48. The van der Waals surface area contributed by atoms with Crippen molar-refractivity contribution in [3.05, 3.63) is 59.7 Å². The van der Waals surface area contributed by atoms with Crippen LogP contribution in [0.5, 0.6) is 0 Å². The predicted molar refractivity (Wildman–Crippen MR) is 98.6 cm³/mol. The molecule has 4 rings (SSSR count). The van der Waals surface area contributed by atoms with Gasteiger partial charge in [-0.2, -0.15) is 9.67 Å². The van der Waals surface area contributed by atoms with E-state index in [1.54, 1.807) is 4.68 Å². The molecule has 0 saturated carbocycles. The second-order valence-corrected chi connectivity index (χ2v) is 6.00. The molecule has 2 heterocycles. The number of rotatable bonds is 4. The van der Waals surface area contributed by atoms with Crippen LogP contribution in [0.1, 0.15) is 18.1 Å². The van der Waals surface area contributed by atoms with E-state index in [2.05, 4.69) is 33.4 Å². The summed E-state index contributed by atoms with van der Waals surface area (Å²) < 4.78 is 6.95. The van der Waals surface area contributed by atoms with Crippen LogP contribution in [0.25, 0.3) is 28.7 Å². The zero-order chi connectivity index (χ0) is 18.1. The summed E-state index contributed by atoms with van der Waals surface area (Å²) in [5.74, 6) is 1.11. The Morgan fingerprint density at radius 2 is 1.96 bits per heavy atom. The molecule has 0 atom stereocenters. The smallest absolute Gasteiger partial charge is 0.282 e. The maximum Gasteiger partial charge on any atom is 0.282 e. The zero-order valence-corrected chi connectivity index (χ0v) is 14.5. The van der Waals surface area contributed by atoms with Crippen molar-refractivity contribution in [2.45, 2.75) is 20.3 Å². The van der Waals surface area contributed by atoms with Crippen LogP contribution in [0.2, 0.25) is 0 Å². The molecule has 0 amide bonds. The van der Waals surface area contributed by atoms with Gasteiger partial charge in [-0.15, -0.1) is 5.10 Å². The second kappa shape index (κ2) is 6.44. The Kier molecular flexibility index (Phi) is 3.96. The van der Waals surface area contributed by atoms with Crippen molar-refractivity contribution in [3.63, 3.8) is 0 Å². The molecule has 7 nitrogen and oxygen atoms in total. The van der Waals surface area contributed by atoms with Gasteiger partial charge < -0.3 is 10.3 Å². The average molecular weight is 346 g/mol. The summed E-state index contributed by atoms with van der Waals surface area (Å²) in [4.78, 5) is 4.44. The van der Waals surface area contributed by atoms with Gasteiger partial charge in [-0.05, 0) is 36.6 Å². The van der Waals surface area contributed by atoms with Crippen molar-refractivity contribution in [1.29, 1.82) is 0 Å².